The van der Waals surface area contributed by atoms with Crippen LogP contribution in [0.2, 0.25) is 0 Å². The molecule has 0 unspecified atom stereocenters. The minimum absolute atomic E-state index is 0.00125. The maximum Gasteiger partial charge on any atom is 0.261 e. The van der Waals surface area contributed by atoms with Gasteiger partial charge < -0.3 is 0 Å². The van der Waals surface area contributed by atoms with Crippen LogP contribution >= 0.6 is 0 Å². The number of fused-ring (bicyclic) bond motifs is 1. The molecule has 8 heteroatoms. The molecule has 1 aliphatic heterocycles. The number of hydrogen-bond donors (Lipinski definition) is 1. The van der Waals surface area contributed by atoms with Gasteiger partial charge in [0.05, 0.1) is 33.8 Å². The fourth-order valence-electron chi connectivity index (χ4n) is 3.21. The quantitative estimate of drug-likeness (QED) is 0.642. The molecule has 7 nitrogen and oxygen atoms in total. The van der Waals surface area contributed by atoms with E-state index in [-0.39, 0.29) is 34.5 Å². The van der Waals surface area contributed by atoms with Gasteiger partial charge in [0, 0.05) is 0 Å². The van der Waals surface area contributed by atoms with Crippen LogP contribution < -0.4 is 4.72 Å². The van der Waals surface area contributed by atoms with E-state index in [1.165, 1.54) is 24.3 Å². The Morgan fingerprint density at radius 2 is 1.40 bits per heavy atom. The number of benzene rings is 3. The van der Waals surface area contributed by atoms with E-state index in [9.17, 15) is 18.0 Å². The SMILES string of the molecule is N#Cc1ccccc1NS(=O)(=O)c1ccc(CN2C(=O)c3ccccc3C2=O)cc1. The fourth-order valence-corrected chi connectivity index (χ4v) is 4.29. The highest BCUT2D eigenvalue weighted by Crippen LogP contribution is 2.25. The normalized spacial score (nSPS) is 13.1. The van der Waals surface area contributed by atoms with Crippen LogP contribution in [0.5, 0.6) is 0 Å². The number of hydrogen-bond acceptors (Lipinski definition) is 5. The topological polar surface area (TPSA) is 107 Å². The van der Waals surface area contributed by atoms with E-state index in [0.717, 1.165) is 4.90 Å². The molecule has 3 aromatic rings. The van der Waals surface area contributed by atoms with Crippen LogP contribution in [0, 0.1) is 11.3 Å². The first-order valence-electron chi connectivity index (χ1n) is 8.97. The first kappa shape index (κ1) is 19.4. The molecule has 0 aromatic heterocycles. The van der Waals surface area contributed by atoms with Crippen LogP contribution in [-0.2, 0) is 16.6 Å². The molecule has 0 fully saturated rings. The third-order valence-corrected chi connectivity index (χ3v) is 6.13. The third-order valence-electron chi connectivity index (χ3n) is 4.74. The van der Waals surface area contributed by atoms with Crippen LogP contribution in [0.25, 0.3) is 0 Å². The number of sulfonamides is 1. The number of imide groups is 1. The van der Waals surface area contributed by atoms with Gasteiger partial charge in [-0.1, -0.05) is 36.4 Å². The van der Waals surface area contributed by atoms with Gasteiger partial charge in [0.25, 0.3) is 21.8 Å². The van der Waals surface area contributed by atoms with E-state index in [2.05, 4.69) is 4.72 Å². The summed E-state index contributed by atoms with van der Waals surface area (Å²) in [5, 5.41) is 9.12. The number of rotatable bonds is 5. The van der Waals surface area contributed by atoms with Crippen LogP contribution in [0.15, 0.2) is 77.7 Å². The lowest BCUT2D eigenvalue weighted by Gasteiger charge is -2.14. The molecule has 4 rings (SSSR count). The fraction of sp³-hybridized carbons (Fsp3) is 0.0455. The second-order valence-electron chi connectivity index (χ2n) is 6.65. The molecule has 1 aliphatic rings. The average Bonchev–Trinajstić information content (AvgIpc) is 2.99. The van der Waals surface area contributed by atoms with E-state index < -0.39 is 10.0 Å². The standard InChI is InChI=1S/C22H15N3O4S/c23-13-16-5-1-4-8-20(16)24-30(28,29)17-11-9-15(10-12-17)14-25-21(26)18-6-2-3-7-19(18)22(25)27/h1-12,24H,14H2. The Morgan fingerprint density at radius 3 is 2.00 bits per heavy atom. The van der Waals surface area contributed by atoms with Crippen molar-refractivity contribution in [3.05, 3.63) is 95.1 Å². The van der Waals surface area contributed by atoms with Gasteiger partial charge in [-0.25, -0.2) is 8.42 Å². The Labute approximate surface area is 173 Å². The Hall–Kier alpha value is -3.96. The first-order chi connectivity index (χ1) is 14.4. The molecule has 3 aromatic carbocycles. The highest BCUT2D eigenvalue weighted by atomic mass is 32.2. The highest BCUT2D eigenvalue weighted by Gasteiger charge is 2.34. The van der Waals surface area contributed by atoms with Crippen molar-refractivity contribution < 1.29 is 18.0 Å². The highest BCUT2D eigenvalue weighted by molar-refractivity contribution is 7.92. The van der Waals surface area contributed by atoms with E-state index >= 15 is 0 Å². The van der Waals surface area contributed by atoms with E-state index in [1.807, 2.05) is 6.07 Å². The Balaban J connectivity index is 1.53. The Bertz CT molecular complexity index is 1270. The maximum atomic E-state index is 12.6. The second-order valence-corrected chi connectivity index (χ2v) is 8.33. The maximum absolute atomic E-state index is 12.6. The predicted molar refractivity (Wildman–Crippen MR) is 109 cm³/mol. The molecular formula is C22H15N3O4S. The number of carbonyl (C=O) groups excluding carboxylic acids is 2. The zero-order chi connectivity index (χ0) is 21.3. The van der Waals surface area contributed by atoms with Crippen molar-refractivity contribution in [3.8, 4) is 6.07 Å². The summed E-state index contributed by atoms with van der Waals surface area (Å²) in [4.78, 5) is 26.1. The minimum atomic E-state index is -3.90. The summed E-state index contributed by atoms with van der Waals surface area (Å²) in [5.41, 5.74) is 1.74. The number of nitrogens with zero attached hydrogens (tertiary/aromatic N) is 2. The van der Waals surface area contributed by atoms with Gasteiger partial charge >= 0.3 is 0 Å². The van der Waals surface area contributed by atoms with Gasteiger partial charge in [-0.15, -0.1) is 0 Å². The van der Waals surface area contributed by atoms with Crippen molar-refractivity contribution in [3.63, 3.8) is 0 Å². The molecule has 1 heterocycles. The number of nitrogens with one attached hydrogen (secondary N) is 1. The van der Waals surface area contributed by atoms with Crippen molar-refractivity contribution in [2.45, 2.75) is 11.4 Å². The van der Waals surface area contributed by atoms with Crippen molar-refractivity contribution in [1.82, 2.24) is 4.90 Å². The van der Waals surface area contributed by atoms with Crippen molar-refractivity contribution >= 4 is 27.5 Å². The largest absolute Gasteiger partial charge is 0.278 e. The zero-order valence-corrected chi connectivity index (χ0v) is 16.4. The minimum Gasteiger partial charge on any atom is -0.278 e. The summed E-state index contributed by atoms with van der Waals surface area (Å²) in [5.74, 6) is -0.746. The lowest BCUT2D eigenvalue weighted by atomic mass is 10.1. The van der Waals surface area contributed by atoms with E-state index in [1.54, 1.807) is 48.5 Å². The third kappa shape index (κ3) is 3.43. The first-order valence-corrected chi connectivity index (χ1v) is 10.4. The van der Waals surface area contributed by atoms with Crippen molar-refractivity contribution in [2.24, 2.45) is 0 Å². The Morgan fingerprint density at radius 1 is 0.833 bits per heavy atom. The molecule has 30 heavy (non-hydrogen) atoms. The smallest absolute Gasteiger partial charge is 0.261 e. The van der Waals surface area contributed by atoms with Gasteiger partial charge in [0.1, 0.15) is 6.07 Å². The van der Waals surface area contributed by atoms with Crippen molar-refractivity contribution in [2.75, 3.05) is 4.72 Å². The molecule has 0 bridgehead atoms. The van der Waals surface area contributed by atoms with Crippen molar-refractivity contribution in [1.29, 1.82) is 5.26 Å². The van der Waals surface area contributed by atoms with Gasteiger partial charge in [-0.2, -0.15) is 5.26 Å². The lowest BCUT2D eigenvalue weighted by Crippen LogP contribution is -2.29. The molecule has 148 valence electrons. The van der Waals surface area contributed by atoms with Crippen LogP contribution in [0.1, 0.15) is 31.8 Å². The number of anilines is 1. The molecule has 0 saturated carbocycles. The predicted octanol–water partition coefficient (Wildman–Crippen LogP) is 3.16. The monoisotopic (exact) mass is 417 g/mol. The number of para-hydroxylation sites is 1. The summed E-state index contributed by atoms with van der Waals surface area (Å²) >= 11 is 0. The summed E-state index contributed by atoms with van der Waals surface area (Å²) in [6.07, 6.45) is 0. The Kier molecular flexibility index (Phi) is 4.82. The van der Waals surface area contributed by atoms with E-state index in [0.29, 0.717) is 16.7 Å². The van der Waals surface area contributed by atoms with E-state index in [4.69, 9.17) is 5.26 Å². The molecule has 0 spiro atoms. The van der Waals surface area contributed by atoms with Gasteiger partial charge in [0.2, 0.25) is 0 Å². The summed E-state index contributed by atoms with van der Waals surface area (Å²) in [7, 11) is -3.90. The zero-order valence-electron chi connectivity index (χ0n) is 15.6. The molecular weight excluding hydrogens is 402 g/mol. The molecule has 0 atom stereocenters. The van der Waals surface area contributed by atoms with Crippen LogP contribution in [0.3, 0.4) is 0 Å². The van der Waals surface area contributed by atoms with Crippen LogP contribution in [0.4, 0.5) is 5.69 Å². The number of nitriles is 1. The van der Waals surface area contributed by atoms with Gasteiger partial charge in [-0.3, -0.25) is 19.2 Å². The molecule has 2 amide bonds. The molecule has 0 aliphatic carbocycles. The lowest BCUT2D eigenvalue weighted by molar-refractivity contribution is 0.0642. The van der Waals surface area contributed by atoms with Gasteiger partial charge in [-0.05, 0) is 42.0 Å². The molecule has 0 saturated heterocycles. The summed E-state index contributed by atoms with van der Waals surface area (Å²) in [6, 6.07) is 20.7. The van der Waals surface area contributed by atoms with Gasteiger partial charge in [0.15, 0.2) is 0 Å². The molecule has 1 N–H and O–H groups in total. The summed E-state index contributed by atoms with van der Waals surface area (Å²) < 4.78 is 27.7. The second kappa shape index (κ2) is 7.46. The number of amides is 2. The van der Waals surface area contributed by atoms with Crippen LogP contribution in [-0.4, -0.2) is 25.1 Å². The average molecular weight is 417 g/mol. The number of carbonyl (C=O) groups is 2. The molecule has 0 radical (unpaired) electrons. The summed E-state index contributed by atoms with van der Waals surface area (Å²) in [6.45, 7) is 0.0391.